The van der Waals surface area contributed by atoms with Crippen molar-refractivity contribution in [3.63, 3.8) is 0 Å². The molecule has 1 N–H and O–H groups in total. The molecule has 0 saturated carbocycles. The minimum Gasteiger partial charge on any atom is -0.488 e. The molecule has 0 aliphatic carbocycles. The van der Waals surface area contributed by atoms with E-state index in [1.807, 2.05) is 0 Å². The van der Waals surface area contributed by atoms with Gasteiger partial charge in [0.15, 0.2) is 11.6 Å². The number of nitroso groups, excluding NO2 is 1. The van der Waals surface area contributed by atoms with Crippen LogP contribution in [0.25, 0.3) is 0 Å². The number of halogens is 1. The molecule has 1 rings (SSSR count). The van der Waals surface area contributed by atoms with E-state index in [4.69, 9.17) is 9.47 Å². The fourth-order valence-electron chi connectivity index (χ4n) is 1.88. The molecule has 0 saturated heterocycles. The maximum absolute atomic E-state index is 13.8. The number of aryl methyl sites for hydroxylation is 1. The highest BCUT2D eigenvalue weighted by molar-refractivity contribution is 5.67. The van der Waals surface area contributed by atoms with Gasteiger partial charge in [-0.25, -0.2) is 9.18 Å². The van der Waals surface area contributed by atoms with Crippen molar-refractivity contribution in [3.05, 3.63) is 34.5 Å². The lowest BCUT2D eigenvalue weighted by molar-refractivity contribution is 0.0527. The standard InChI is InChI=1S/C16H23FN2O4/c1-16(2,3)23-15(20)18-9-5-7-12-6-4-8-13(17)14(12)22-11-10-19-21/h4,6,8H,5,7,9-11H2,1-3H3,(H,18,20). The second-order valence-corrected chi connectivity index (χ2v) is 5.96. The van der Waals surface area contributed by atoms with Crippen molar-refractivity contribution < 1.29 is 18.7 Å². The Labute approximate surface area is 135 Å². The molecule has 1 aromatic rings. The first-order valence-corrected chi connectivity index (χ1v) is 7.49. The molecule has 7 heteroatoms. The van der Waals surface area contributed by atoms with E-state index in [1.165, 1.54) is 6.07 Å². The Morgan fingerprint density at radius 1 is 1.35 bits per heavy atom. The summed E-state index contributed by atoms with van der Waals surface area (Å²) in [6.45, 7) is 5.77. The zero-order valence-corrected chi connectivity index (χ0v) is 13.7. The zero-order valence-electron chi connectivity index (χ0n) is 13.7. The van der Waals surface area contributed by atoms with Crippen LogP contribution in [-0.4, -0.2) is 31.4 Å². The van der Waals surface area contributed by atoms with Crippen molar-refractivity contribution in [2.75, 3.05) is 19.7 Å². The molecule has 1 aromatic carbocycles. The van der Waals surface area contributed by atoms with Crippen LogP contribution in [0.15, 0.2) is 23.4 Å². The Hall–Kier alpha value is -2.18. The SMILES string of the molecule is CC(C)(C)OC(=O)NCCCc1cccc(F)c1OCCN=O. The van der Waals surface area contributed by atoms with Crippen LogP contribution in [0.2, 0.25) is 0 Å². The quantitative estimate of drug-likeness (QED) is 0.586. The molecule has 1 amide bonds. The molecule has 0 aromatic heterocycles. The van der Waals surface area contributed by atoms with Crippen molar-refractivity contribution in [1.82, 2.24) is 5.32 Å². The van der Waals surface area contributed by atoms with Crippen molar-refractivity contribution in [2.24, 2.45) is 5.18 Å². The molecule has 0 aliphatic heterocycles. The maximum atomic E-state index is 13.8. The van der Waals surface area contributed by atoms with Gasteiger partial charge in [-0.05, 0) is 45.2 Å². The number of benzene rings is 1. The number of nitrogens with zero attached hydrogens (tertiary/aromatic N) is 1. The van der Waals surface area contributed by atoms with Gasteiger partial charge in [-0.3, -0.25) is 0 Å². The lowest BCUT2D eigenvalue weighted by Gasteiger charge is -2.19. The molecule has 0 radical (unpaired) electrons. The summed E-state index contributed by atoms with van der Waals surface area (Å²) in [4.78, 5) is 21.6. The second-order valence-electron chi connectivity index (χ2n) is 5.96. The van der Waals surface area contributed by atoms with Crippen LogP contribution in [0.5, 0.6) is 5.75 Å². The minimum absolute atomic E-state index is 0.0338. The van der Waals surface area contributed by atoms with Gasteiger partial charge in [0.05, 0.1) is 0 Å². The number of carbonyl (C=O) groups excluding carboxylic acids is 1. The summed E-state index contributed by atoms with van der Waals surface area (Å²) < 4.78 is 24.2. The molecule has 0 fully saturated rings. The zero-order chi connectivity index (χ0) is 17.3. The van der Waals surface area contributed by atoms with Gasteiger partial charge in [0.1, 0.15) is 18.8 Å². The van der Waals surface area contributed by atoms with E-state index in [1.54, 1.807) is 32.9 Å². The number of nitrogens with one attached hydrogen (secondary N) is 1. The first kappa shape index (κ1) is 18.9. The molecular formula is C16H23FN2O4. The van der Waals surface area contributed by atoms with Crippen molar-refractivity contribution in [1.29, 1.82) is 0 Å². The van der Waals surface area contributed by atoms with E-state index >= 15 is 0 Å². The molecule has 128 valence electrons. The van der Waals surface area contributed by atoms with E-state index in [2.05, 4.69) is 10.5 Å². The van der Waals surface area contributed by atoms with E-state index in [9.17, 15) is 14.1 Å². The highest BCUT2D eigenvalue weighted by Crippen LogP contribution is 2.23. The summed E-state index contributed by atoms with van der Waals surface area (Å²) in [6, 6.07) is 4.64. The van der Waals surface area contributed by atoms with E-state index in [-0.39, 0.29) is 18.9 Å². The first-order valence-electron chi connectivity index (χ1n) is 7.49. The van der Waals surface area contributed by atoms with Crippen LogP contribution in [0, 0.1) is 10.7 Å². The number of hydrogen-bond acceptors (Lipinski definition) is 5. The third-order valence-electron chi connectivity index (χ3n) is 2.77. The van der Waals surface area contributed by atoms with Gasteiger partial charge in [-0.1, -0.05) is 17.3 Å². The Kier molecular flexibility index (Phi) is 7.44. The normalized spacial score (nSPS) is 11.0. The van der Waals surface area contributed by atoms with Crippen molar-refractivity contribution in [2.45, 2.75) is 39.2 Å². The molecule has 0 bridgehead atoms. The lowest BCUT2D eigenvalue weighted by atomic mass is 10.1. The van der Waals surface area contributed by atoms with E-state index in [0.29, 0.717) is 24.9 Å². The van der Waals surface area contributed by atoms with Crippen LogP contribution in [0.3, 0.4) is 0 Å². The largest absolute Gasteiger partial charge is 0.488 e. The Balaban J connectivity index is 2.46. The third-order valence-corrected chi connectivity index (χ3v) is 2.77. The number of rotatable bonds is 8. The van der Waals surface area contributed by atoms with Gasteiger partial charge in [-0.15, -0.1) is 0 Å². The van der Waals surface area contributed by atoms with E-state index < -0.39 is 17.5 Å². The molecule has 0 atom stereocenters. The van der Waals surface area contributed by atoms with Crippen molar-refractivity contribution >= 4 is 6.09 Å². The predicted octanol–water partition coefficient (Wildman–Crippen LogP) is 3.43. The monoisotopic (exact) mass is 326 g/mol. The molecule has 6 nitrogen and oxygen atoms in total. The average molecular weight is 326 g/mol. The van der Waals surface area contributed by atoms with Crippen LogP contribution in [-0.2, 0) is 11.2 Å². The number of hydrogen-bond donors (Lipinski definition) is 1. The number of ether oxygens (including phenoxy) is 2. The predicted molar refractivity (Wildman–Crippen MR) is 85.1 cm³/mol. The summed E-state index contributed by atoms with van der Waals surface area (Å²) in [5, 5.41) is 5.32. The molecule has 0 heterocycles. The molecule has 0 unspecified atom stereocenters. The van der Waals surface area contributed by atoms with Gasteiger partial charge >= 0.3 is 6.09 Å². The Bertz CT molecular complexity index is 529. The molecular weight excluding hydrogens is 303 g/mol. The number of amides is 1. The van der Waals surface area contributed by atoms with Crippen molar-refractivity contribution in [3.8, 4) is 5.75 Å². The van der Waals surface area contributed by atoms with Gasteiger partial charge in [0, 0.05) is 6.54 Å². The summed E-state index contributed by atoms with van der Waals surface area (Å²) in [5.74, 6) is -0.345. The van der Waals surface area contributed by atoms with Gasteiger partial charge < -0.3 is 14.8 Å². The van der Waals surface area contributed by atoms with Gasteiger partial charge in [-0.2, -0.15) is 4.91 Å². The molecule has 0 aliphatic rings. The van der Waals surface area contributed by atoms with Crippen LogP contribution in [0.1, 0.15) is 32.8 Å². The topological polar surface area (TPSA) is 77.0 Å². The minimum atomic E-state index is -0.541. The van der Waals surface area contributed by atoms with Crippen LogP contribution in [0.4, 0.5) is 9.18 Å². The molecule has 0 spiro atoms. The number of alkyl carbamates (subject to hydrolysis) is 1. The smallest absolute Gasteiger partial charge is 0.407 e. The number of carbonyl (C=O) groups is 1. The summed E-state index contributed by atoms with van der Waals surface area (Å²) >= 11 is 0. The number of para-hydroxylation sites is 1. The summed E-state index contributed by atoms with van der Waals surface area (Å²) in [6.07, 6.45) is 0.646. The van der Waals surface area contributed by atoms with Crippen LogP contribution >= 0.6 is 0 Å². The first-order chi connectivity index (χ1) is 10.8. The third kappa shape index (κ3) is 7.58. The second kappa shape index (κ2) is 9.07. The fourth-order valence-corrected chi connectivity index (χ4v) is 1.88. The fraction of sp³-hybridized carbons (Fsp3) is 0.562. The van der Waals surface area contributed by atoms with Crippen LogP contribution < -0.4 is 10.1 Å². The summed E-state index contributed by atoms with van der Waals surface area (Å²) in [7, 11) is 0. The molecule has 23 heavy (non-hydrogen) atoms. The van der Waals surface area contributed by atoms with Gasteiger partial charge in [0.2, 0.25) is 0 Å². The Morgan fingerprint density at radius 3 is 2.74 bits per heavy atom. The summed E-state index contributed by atoms with van der Waals surface area (Å²) in [5.41, 5.74) is 0.141. The van der Waals surface area contributed by atoms with E-state index in [0.717, 1.165) is 0 Å². The highest BCUT2D eigenvalue weighted by atomic mass is 19.1. The van der Waals surface area contributed by atoms with Gasteiger partial charge in [0.25, 0.3) is 0 Å². The average Bonchev–Trinajstić information content (AvgIpc) is 2.44. The lowest BCUT2D eigenvalue weighted by Crippen LogP contribution is -2.33. The maximum Gasteiger partial charge on any atom is 0.407 e. The Morgan fingerprint density at radius 2 is 2.09 bits per heavy atom. The highest BCUT2D eigenvalue weighted by Gasteiger charge is 2.15.